The summed E-state index contributed by atoms with van der Waals surface area (Å²) in [6.45, 7) is 9.07. The van der Waals surface area contributed by atoms with Crippen LogP contribution >= 0.6 is 0 Å². The van der Waals surface area contributed by atoms with E-state index in [0.717, 1.165) is 35.0 Å². The van der Waals surface area contributed by atoms with Crippen LogP contribution in [0.1, 0.15) is 75.8 Å². The van der Waals surface area contributed by atoms with Crippen molar-refractivity contribution in [3.8, 4) is 22.9 Å². The average Bonchev–Trinajstić information content (AvgIpc) is 3.75. The predicted molar refractivity (Wildman–Crippen MR) is 189 cm³/mol. The number of nitrogens with one attached hydrogen (secondary N) is 2. The van der Waals surface area contributed by atoms with E-state index in [1.165, 1.54) is 24.3 Å². The summed E-state index contributed by atoms with van der Waals surface area (Å²) in [5, 5.41) is 0.756. The van der Waals surface area contributed by atoms with Crippen LogP contribution in [0.5, 0.6) is 11.5 Å². The number of imidazole rings is 1. The Morgan fingerprint density at radius 3 is 2.66 bits per heavy atom. The Hall–Kier alpha value is -4.99. The number of nitrogens with zero attached hydrogens (tertiary/aromatic N) is 2. The number of aryl methyl sites for hydroxylation is 1. The zero-order chi connectivity index (χ0) is 35.6. The van der Waals surface area contributed by atoms with Crippen molar-refractivity contribution in [3.63, 3.8) is 0 Å². The van der Waals surface area contributed by atoms with E-state index in [-0.39, 0.29) is 53.6 Å². The number of fused-ring (bicyclic) bond motifs is 8. The van der Waals surface area contributed by atoms with Crippen molar-refractivity contribution in [2.75, 3.05) is 20.2 Å². The molecule has 0 saturated heterocycles. The molecule has 5 aromatic rings. The highest BCUT2D eigenvalue weighted by Gasteiger charge is 2.33. The lowest BCUT2D eigenvalue weighted by Gasteiger charge is -2.34. The molecule has 0 saturated carbocycles. The summed E-state index contributed by atoms with van der Waals surface area (Å²) in [4.78, 5) is 38.7. The standard InChI is InChI=1S/C40H44F2N4O4/c1-6-49-36(48)20-25-9-7-10-26(19-25)40(4)17-8-16-39(2,3)24-46(5)35(47)14-12-29-28-15-18-43-33(28)22-32(42)37(29)50-27-11-13-31(41)30(21-27)38-44-23-34(40)45-38/h7,9-11,13,15,18-19,21-23,43H,6,8,12,14,16-17,20,24H2,1-5H3,(H,44,45). The number of carbonyl (C=O) groups excluding carboxylic acids is 2. The summed E-state index contributed by atoms with van der Waals surface area (Å²) in [5.41, 5.74) is 3.13. The van der Waals surface area contributed by atoms with Gasteiger partial charge in [-0.3, -0.25) is 9.59 Å². The molecule has 4 bridgehead atoms. The van der Waals surface area contributed by atoms with E-state index in [0.29, 0.717) is 36.5 Å². The Bertz CT molecular complexity index is 2030. The highest BCUT2D eigenvalue weighted by atomic mass is 19.1. The number of rotatable bonds is 4. The van der Waals surface area contributed by atoms with Crippen LogP contribution in [-0.2, 0) is 32.6 Å². The second-order valence-electron chi connectivity index (χ2n) is 14.3. The smallest absolute Gasteiger partial charge is 0.310 e. The van der Waals surface area contributed by atoms with Gasteiger partial charge in [0.05, 0.1) is 18.6 Å². The molecule has 1 unspecified atom stereocenters. The lowest BCUT2D eigenvalue weighted by atomic mass is 9.73. The fourth-order valence-corrected chi connectivity index (χ4v) is 7.18. The minimum atomic E-state index is -0.592. The van der Waals surface area contributed by atoms with E-state index in [1.54, 1.807) is 24.2 Å². The first-order chi connectivity index (χ1) is 23.9. The van der Waals surface area contributed by atoms with Gasteiger partial charge >= 0.3 is 5.97 Å². The molecule has 1 aliphatic heterocycles. The predicted octanol–water partition coefficient (Wildman–Crippen LogP) is 8.64. The number of hydrogen-bond acceptors (Lipinski definition) is 5. The van der Waals surface area contributed by atoms with E-state index in [4.69, 9.17) is 9.47 Å². The van der Waals surface area contributed by atoms with Crippen molar-refractivity contribution in [2.24, 2.45) is 5.41 Å². The molecule has 1 aliphatic rings. The number of ether oxygens (including phenoxy) is 2. The second-order valence-corrected chi connectivity index (χ2v) is 14.3. The molecule has 0 fully saturated rings. The number of H-pyrrole nitrogens is 2. The highest BCUT2D eigenvalue weighted by Crippen LogP contribution is 2.41. The third-order valence-corrected chi connectivity index (χ3v) is 9.88. The SMILES string of the molecule is CCOC(=O)Cc1cccc(C2(C)CCCC(C)(C)CN(C)C(=O)CCc3c(c(F)cc4[nH]ccc34)Oc3ccc(F)c(c3)-c3ncc2[nH]3)c1. The topological polar surface area (TPSA) is 100 Å². The van der Waals surface area contributed by atoms with Gasteiger partial charge in [-0.2, -0.15) is 0 Å². The van der Waals surface area contributed by atoms with Crippen molar-refractivity contribution in [2.45, 2.75) is 71.6 Å². The van der Waals surface area contributed by atoms with Gasteiger partial charge < -0.3 is 24.3 Å². The highest BCUT2D eigenvalue weighted by molar-refractivity contribution is 5.86. The largest absolute Gasteiger partial charge is 0.466 e. The molecule has 3 heterocycles. The molecule has 3 aromatic carbocycles. The van der Waals surface area contributed by atoms with Gasteiger partial charge in [0, 0.05) is 66.0 Å². The van der Waals surface area contributed by atoms with Gasteiger partial charge in [0.25, 0.3) is 0 Å². The summed E-state index contributed by atoms with van der Waals surface area (Å²) >= 11 is 0. The number of benzene rings is 3. The van der Waals surface area contributed by atoms with Crippen molar-refractivity contribution in [1.29, 1.82) is 0 Å². The van der Waals surface area contributed by atoms with Crippen LogP contribution < -0.4 is 4.74 Å². The number of esters is 1. The maximum Gasteiger partial charge on any atom is 0.310 e. The number of halogens is 2. The van der Waals surface area contributed by atoms with Crippen molar-refractivity contribution < 1.29 is 27.8 Å². The fourth-order valence-electron chi connectivity index (χ4n) is 7.18. The van der Waals surface area contributed by atoms with Crippen LogP contribution in [0, 0.1) is 17.0 Å². The van der Waals surface area contributed by atoms with Gasteiger partial charge in [0.1, 0.15) is 17.4 Å². The number of carbonyl (C=O) groups is 2. The van der Waals surface area contributed by atoms with E-state index in [2.05, 4.69) is 35.7 Å². The molecule has 6 rings (SSSR count). The minimum absolute atomic E-state index is 0.00114. The van der Waals surface area contributed by atoms with E-state index >= 15 is 8.78 Å². The zero-order valence-corrected chi connectivity index (χ0v) is 29.3. The monoisotopic (exact) mass is 682 g/mol. The maximum absolute atomic E-state index is 15.7. The molecule has 2 N–H and O–H groups in total. The van der Waals surface area contributed by atoms with Crippen LogP contribution in [0.3, 0.4) is 0 Å². The molecule has 0 spiro atoms. The zero-order valence-electron chi connectivity index (χ0n) is 29.3. The van der Waals surface area contributed by atoms with Gasteiger partial charge in [-0.05, 0) is 73.9 Å². The second kappa shape index (κ2) is 14.1. The third kappa shape index (κ3) is 7.29. The Kier molecular flexibility index (Phi) is 9.82. The van der Waals surface area contributed by atoms with Crippen molar-refractivity contribution in [3.05, 3.63) is 101 Å². The molecule has 50 heavy (non-hydrogen) atoms. The summed E-state index contributed by atoms with van der Waals surface area (Å²) < 4.78 is 42.6. The Labute approximate surface area is 291 Å². The molecular weight excluding hydrogens is 638 g/mol. The summed E-state index contributed by atoms with van der Waals surface area (Å²) in [6.07, 6.45) is 6.38. The van der Waals surface area contributed by atoms with E-state index in [1.807, 2.05) is 37.4 Å². The molecule has 8 nitrogen and oxygen atoms in total. The van der Waals surface area contributed by atoms with Crippen LogP contribution in [0.4, 0.5) is 8.78 Å². The first-order valence-electron chi connectivity index (χ1n) is 17.2. The van der Waals surface area contributed by atoms with Gasteiger partial charge in [-0.1, -0.05) is 44.5 Å². The summed E-state index contributed by atoms with van der Waals surface area (Å²) in [6, 6.07) is 15.3. The maximum atomic E-state index is 15.7. The molecule has 1 amide bonds. The van der Waals surface area contributed by atoms with Gasteiger partial charge in [-0.15, -0.1) is 0 Å². The van der Waals surface area contributed by atoms with Crippen LogP contribution in [-0.4, -0.2) is 51.9 Å². The Balaban J connectivity index is 1.45. The molecule has 262 valence electrons. The van der Waals surface area contributed by atoms with E-state index in [9.17, 15) is 9.59 Å². The fraction of sp³-hybridized carbons (Fsp3) is 0.375. The number of hydrogen-bond donors (Lipinski definition) is 2. The summed E-state index contributed by atoms with van der Waals surface area (Å²) in [7, 11) is 1.81. The lowest BCUT2D eigenvalue weighted by Crippen LogP contribution is -2.36. The third-order valence-electron chi connectivity index (χ3n) is 9.88. The van der Waals surface area contributed by atoms with Crippen molar-refractivity contribution in [1.82, 2.24) is 19.9 Å². The molecular formula is C40H44F2N4O4. The molecule has 0 aliphatic carbocycles. The number of aromatic amines is 2. The Morgan fingerprint density at radius 2 is 1.86 bits per heavy atom. The first kappa shape index (κ1) is 34.9. The molecule has 1 atom stereocenters. The van der Waals surface area contributed by atoms with Crippen LogP contribution in [0.25, 0.3) is 22.3 Å². The van der Waals surface area contributed by atoms with Crippen LogP contribution in [0.2, 0.25) is 0 Å². The van der Waals surface area contributed by atoms with Gasteiger partial charge in [0.2, 0.25) is 5.91 Å². The first-order valence-corrected chi connectivity index (χ1v) is 17.2. The molecule has 0 radical (unpaired) electrons. The van der Waals surface area contributed by atoms with Gasteiger partial charge in [0.15, 0.2) is 11.6 Å². The molecule has 10 heteroatoms. The van der Waals surface area contributed by atoms with Gasteiger partial charge in [-0.25, -0.2) is 13.8 Å². The average molecular weight is 683 g/mol. The summed E-state index contributed by atoms with van der Waals surface area (Å²) in [5.74, 6) is -0.909. The Morgan fingerprint density at radius 1 is 1.04 bits per heavy atom. The lowest BCUT2D eigenvalue weighted by molar-refractivity contribution is -0.142. The van der Waals surface area contributed by atoms with Crippen molar-refractivity contribution >= 4 is 22.8 Å². The quantitative estimate of drug-likeness (QED) is 0.185. The minimum Gasteiger partial charge on any atom is -0.466 e. The normalized spacial score (nSPS) is 18.5. The van der Waals surface area contributed by atoms with E-state index < -0.39 is 17.0 Å². The van der Waals surface area contributed by atoms with Crippen LogP contribution in [0.15, 0.2) is 67.0 Å². The number of aromatic nitrogens is 3. The molecule has 2 aromatic heterocycles. The number of amides is 1.